The molecule has 2 unspecified atom stereocenters. The summed E-state index contributed by atoms with van der Waals surface area (Å²) >= 11 is 0. The van der Waals surface area contributed by atoms with Gasteiger partial charge in [-0.2, -0.15) is 0 Å². The molecule has 1 heterocycles. The summed E-state index contributed by atoms with van der Waals surface area (Å²) in [5, 5.41) is 2.09. The van der Waals surface area contributed by atoms with Crippen LogP contribution in [0.15, 0.2) is 0 Å². The van der Waals surface area contributed by atoms with E-state index in [1.807, 2.05) is 13.8 Å². The van der Waals surface area contributed by atoms with Gasteiger partial charge in [0.05, 0.1) is 17.5 Å². The molecule has 1 rings (SSSR count). The highest BCUT2D eigenvalue weighted by Gasteiger charge is 2.37. The number of carbonyl (C=O) groups is 2. The lowest BCUT2D eigenvalue weighted by Gasteiger charge is -2.38. The minimum atomic E-state index is -3.22. The minimum Gasteiger partial charge on any atom is -0.345 e. The Kier molecular flexibility index (Phi) is 5.56. The normalized spacial score (nSPS) is 22.1. The highest BCUT2D eigenvalue weighted by Crippen LogP contribution is 2.18. The number of rotatable bonds is 6. The summed E-state index contributed by atoms with van der Waals surface area (Å²) in [7, 11) is -3.22. The van der Waals surface area contributed by atoms with Crippen molar-refractivity contribution in [2.75, 3.05) is 18.8 Å². The number of nitrogens with one attached hydrogen (secondary N) is 1. The van der Waals surface area contributed by atoms with Gasteiger partial charge in [0.25, 0.3) is 0 Å². The lowest BCUT2D eigenvalue weighted by Crippen LogP contribution is -2.61. The van der Waals surface area contributed by atoms with E-state index in [0.717, 1.165) is 6.42 Å². The lowest BCUT2D eigenvalue weighted by atomic mass is 9.95. The number of sulfone groups is 1. The molecule has 0 aliphatic carbocycles. The molecule has 1 aliphatic rings. The number of carbonyl (C=O) groups excluding carboxylic acids is 2. The monoisotopic (exact) mass is 304 g/mol. The molecule has 0 radical (unpaired) electrons. The standard InChI is InChI=1S/C13H24N2O4S/c1-5-10(4)12-13(17)14-8-11(16)15(12)6-7-20(18,19)9(2)3/h9-10,12H,5-8H2,1-4H3,(H,14,17). The van der Waals surface area contributed by atoms with E-state index in [-0.39, 0.29) is 36.6 Å². The zero-order valence-corrected chi connectivity index (χ0v) is 13.4. The second kappa shape index (κ2) is 6.56. The lowest BCUT2D eigenvalue weighted by molar-refractivity contribution is -0.147. The van der Waals surface area contributed by atoms with E-state index in [4.69, 9.17) is 0 Å². The van der Waals surface area contributed by atoms with Crippen LogP contribution in [0.3, 0.4) is 0 Å². The van der Waals surface area contributed by atoms with Crippen LogP contribution in [0.25, 0.3) is 0 Å². The van der Waals surface area contributed by atoms with Crippen molar-refractivity contribution >= 4 is 21.7 Å². The molecule has 1 saturated heterocycles. The Morgan fingerprint density at radius 3 is 2.40 bits per heavy atom. The van der Waals surface area contributed by atoms with Crippen LogP contribution in [0.5, 0.6) is 0 Å². The number of nitrogens with zero attached hydrogens (tertiary/aromatic N) is 1. The van der Waals surface area contributed by atoms with Crippen molar-refractivity contribution in [1.29, 1.82) is 0 Å². The van der Waals surface area contributed by atoms with Crippen LogP contribution in [0.1, 0.15) is 34.1 Å². The third-order valence-electron chi connectivity index (χ3n) is 3.86. The highest BCUT2D eigenvalue weighted by molar-refractivity contribution is 7.92. The van der Waals surface area contributed by atoms with Gasteiger partial charge >= 0.3 is 0 Å². The molecule has 116 valence electrons. The molecule has 0 saturated carbocycles. The maximum atomic E-state index is 12.0. The third kappa shape index (κ3) is 3.71. The van der Waals surface area contributed by atoms with Crippen molar-refractivity contribution in [3.05, 3.63) is 0 Å². The predicted octanol–water partition coefficient (Wildman–Crippen LogP) is 0.183. The zero-order valence-electron chi connectivity index (χ0n) is 12.5. The quantitative estimate of drug-likeness (QED) is 0.759. The Morgan fingerprint density at radius 1 is 1.30 bits per heavy atom. The molecular weight excluding hydrogens is 280 g/mol. The van der Waals surface area contributed by atoms with Crippen LogP contribution in [0.4, 0.5) is 0 Å². The molecule has 2 atom stereocenters. The summed E-state index contributed by atoms with van der Waals surface area (Å²) in [5.41, 5.74) is 0. The van der Waals surface area contributed by atoms with Crippen LogP contribution in [-0.4, -0.2) is 55.3 Å². The van der Waals surface area contributed by atoms with Crippen LogP contribution < -0.4 is 5.32 Å². The van der Waals surface area contributed by atoms with E-state index in [1.165, 1.54) is 4.90 Å². The number of piperazine rings is 1. The Bertz CT molecular complexity index is 473. The summed E-state index contributed by atoms with van der Waals surface area (Å²) < 4.78 is 23.7. The highest BCUT2D eigenvalue weighted by atomic mass is 32.2. The van der Waals surface area contributed by atoms with Crippen molar-refractivity contribution < 1.29 is 18.0 Å². The third-order valence-corrected chi connectivity index (χ3v) is 6.04. The molecule has 20 heavy (non-hydrogen) atoms. The largest absolute Gasteiger partial charge is 0.345 e. The number of hydrogen-bond donors (Lipinski definition) is 1. The van der Waals surface area contributed by atoms with E-state index in [1.54, 1.807) is 13.8 Å². The van der Waals surface area contributed by atoms with Gasteiger partial charge in [0.2, 0.25) is 11.8 Å². The minimum absolute atomic E-state index is 0.000930. The molecule has 1 fully saturated rings. The first kappa shape index (κ1) is 16.9. The van der Waals surface area contributed by atoms with Gasteiger partial charge in [-0.15, -0.1) is 0 Å². The second-order valence-electron chi connectivity index (χ2n) is 5.55. The first-order valence-corrected chi connectivity index (χ1v) is 8.71. The van der Waals surface area contributed by atoms with E-state index < -0.39 is 21.1 Å². The first-order chi connectivity index (χ1) is 9.20. The van der Waals surface area contributed by atoms with Gasteiger partial charge in [-0.05, 0) is 19.8 Å². The van der Waals surface area contributed by atoms with E-state index in [9.17, 15) is 18.0 Å². The Morgan fingerprint density at radius 2 is 1.90 bits per heavy atom. The Labute approximate surface area is 120 Å². The van der Waals surface area contributed by atoms with Crippen LogP contribution >= 0.6 is 0 Å². The fourth-order valence-electron chi connectivity index (χ4n) is 2.18. The summed E-state index contributed by atoms with van der Waals surface area (Å²) in [4.78, 5) is 25.4. The zero-order chi connectivity index (χ0) is 15.5. The maximum Gasteiger partial charge on any atom is 0.243 e. The van der Waals surface area contributed by atoms with Crippen molar-refractivity contribution in [3.63, 3.8) is 0 Å². The second-order valence-corrected chi connectivity index (χ2v) is 8.23. The van der Waals surface area contributed by atoms with Gasteiger partial charge in [0.15, 0.2) is 9.84 Å². The summed E-state index contributed by atoms with van der Waals surface area (Å²) in [6.07, 6.45) is 0.749. The van der Waals surface area contributed by atoms with E-state index in [2.05, 4.69) is 5.32 Å². The molecule has 1 N–H and O–H groups in total. The molecular formula is C13H24N2O4S. The fraction of sp³-hybridized carbons (Fsp3) is 0.846. The topological polar surface area (TPSA) is 83.6 Å². The van der Waals surface area contributed by atoms with Crippen molar-refractivity contribution in [3.8, 4) is 0 Å². The van der Waals surface area contributed by atoms with Crippen LogP contribution in [0.2, 0.25) is 0 Å². The fourth-order valence-corrected chi connectivity index (χ4v) is 3.10. The smallest absolute Gasteiger partial charge is 0.243 e. The Balaban J connectivity index is 2.87. The van der Waals surface area contributed by atoms with Crippen molar-refractivity contribution in [1.82, 2.24) is 10.2 Å². The predicted molar refractivity (Wildman–Crippen MR) is 76.9 cm³/mol. The van der Waals surface area contributed by atoms with Gasteiger partial charge in [0, 0.05) is 6.54 Å². The van der Waals surface area contributed by atoms with Gasteiger partial charge < -0.3 is 10.2 Å². The van der Waals surface area contributed by atoms with Gasteiger partial charge in [0.1, 0.15) is 6.04 Å². The molecule has 6 nitrogen and oxygen atoms in total. The van der Waals surface area contributed by atoms with Crippen molar-refractivity contribution in [2.24, 2.45) is 5.92 Å². The molecule has 0 spiro atoms. The summed E-state index contributed by atoms with van der Waals surface area (Å²) in [6, 6.07) is -0.566. The average molecular weight is 304 g/mol. The number of amides is 2. The van der Waals surface area contributed by atoms with E-state index >= 15 is 0 Å². The molecule has 2 amide bonds. The summed E-state index contributed by atoms with van der Waals surface area (Å²) in [6.45, 7) is 7.11. The SMILES string of the molecule is CCC(C)C1C(=O)NCC(=O)N1CCS(=O)(=O)C(C)C. The van der Waals surface area contributed by atoms with Crippen LogP contribution in [-0.2, 0) is 19.4 Å². The van der Waals surface area contributed by atoms with E-state index in [0.29, 0.717) is 0 Å². The molecule has 7 heteroatoms. The molecule has 0 aromatic heterocycles. The van der Waals surface area contributed by atoms with Gasteiger partial charge in [-0.25, -0.2) is 8.42 Å². The van der Waals surface area contributed by atoms with Crippen LogP contribution in [0, 0.1) is 5.92 Å². The molecule has 1 aliphatic heterocycles. The summed E-state index contributed by atoms with van der Waals surface area (Å²) in [5.74, 6) is -0.507. The average Bonchev–Trinajstić information content (AvgIpc) is 2.38. The Hall–Kier alpha value is -1.11. The molecule has 0 aromatic rings. The van der Waals surface area contributed by atoms with Gasteiger partial charge in [-0.3, -0.25) is 9.59 Å². The molecule has 0 bridgehead atoms. The molecule has 0 aromatic carbocycles. The van der Waals surface area contributed by atoms with Crippen molar-refractivity contribution in [2.45, 2.75) is 45.4 Å². The van der Waals surface area contributed by atoms with Gasteiger partial charge in [-0.1, -0.05) is 20.3 Å². The number of hydrogen-bond acceptors (Lipinski definition) is 4. The first-order valence-electron chi connectivity index (χ1n) is 6.99. The maximum absolute atomic E-state index is 12.0.